The average molecular weight is 263 g/mol. The molecule has 1 aliphatic rings. The van der Waals surface area contributed by atoms with E-state index in [9.17, 15) is 0 Å². The summed E-state index contributed by atoms with van der Waals surface area (Å²) in [6, 6.07) is 8.35. The smallest absolute Gasteiger partial charge is 0.173 e. The van der Waals surface area contributed by atoms with E-state index in [0.29, 0.717) is 0 Å². The zero-order valence-electron chi connectivity index (χ0n) is 11.1. The molecule has 0 unspecified atom stereocenters. The molecule has 2 rings (SSSR count). The van der Waals surface area contributed by atoms with Gasteiger partial charge < -0.3 is 15.1 Å². The minimum atomic E-state index is 0.842. The van der Waals surface area contributed by atoms with Crippen LogP contribution in [-0.2, 0) is 0 Å². The van der Waals surface area contributed by atoms with Gasteiger partial charge in [-0.15, -0.1) is 0 Å². The highest BCUT2D eigenvalue weighted by Gasteiger charge is 2.14. The van der Waals surface area contributed by atoms with Crippen LogP contribution in [0, 0.1) is 6.92 Å². The Hall–Kier alpha value is -1.13. The van der Waals surface area contributed by atoms with E-state index in [2.05, 4.69) is 53.4 Å². The number of likely N-dealkylation sites (N-methyl/N-ethyl adjacent to an activating group) is 1. The van der Waals surface area contributed by atoms with Crippen molar-refractivity contribution in [3.63, 3.8) is 0 Å². The summed E-state index contributed by atoms with van der Waals surface area (Å²) in [7, 11) is 2.17. The first-order valence-corrected chi connectivity index (χ1v) is 6.87. The number of anilines is 1. The summed E-state index contributed by atoms with van der Waals surface area (Å²) in [5.41, 5.74) is 2.34. The molecule has 0 bridgehead atoms. The topological polar surface area (TPSA) is 18.5 Å². The monoisotopic (exact) mass is 263 g/mol. The van der Waals surface area contributed by atoms with E-state index in [1.807, 2.05) is 0 Å². The summed E-state index contributed by atoms with van der Waals surface area (Å²) in [6.07, 6.45) is 1.17. The molecule has 1 aromatic rings. The molecule has 0 atom stereocenters. The van der Waals surface area contributed by atoms with Gasteiger partial charge in [0.1, 0.15) is 0 Å². The van der Waals surface area contributed by atoms with Crippen molar-refractivity contribution in [2.75, 3.05) is 38.5 Å². The Labute approximate surface area is 115 Å². The molecule has 18 heavy (non-hydrogen) atoms. The van der Waals surface area contributed by atoms with Gasteiger partial charge in [0.25, 0.3) is 0 Å². The third-order valence-electron chi connectivity index (χ3n) is 3.31. The van der Waals surface area contributed by atoms with Crippen LogP contribution in [0.1, 0.15) is 12.0 Å². The Morgan fingerprint density at radius 1 is 1.11 bits per heavy atom. The Kier molecular flexibility index (Phi) is 4.55. The first-order valence-electron chi connectivity index (χ1n) is 6.46. The van der Waals surface area contributed by atoms with Crippen LogP contribution in [0.25, 0.3) is 0 Å². The van der Waals surface area contributed by atoms with Gasteiger partial charge in [-0.2, -0.15) is 0 Å². The molecule has 4 heteroatoms. The second-order valence-electron chi connectivity index (χ2n) is 4.94. The summed E-state index contributed by atoms with van der Waals surface area (Å²) >= 11 is 5.48. The second-order valence-corrected chi connectivity index (χ2v) is 5.33. The summed E-state index contributed by atoms with van der Waals surface area (Å²) in [5, 5.41) is 4.16. The maximum absolute atomic E-state index is 5.48. The van der Waals surface area contributed by atoms with Gasteiger partial charge in [-0.3, -0.25) is 0 Å². The molecule has 0 saturated carbocycles. The lowest BCUT2D eigenvalue weighted by molar-refractivity contribution is 0.347. The van der Waals surface area contributed by atoms with Crippen LogP contribution in [0.4, 0.5) is 5.69 Å². The van der Waals surface area contributed by atoms with Gasteiger partial charge in [-0.25, -0.2) is 0 Å². The molecule has 1 aliphatic heterocycles. The van der Waals surface area contributed by atoms with Crippen molar-refractivity contribution >= 4 is 23.0 Å². The van der Waals surface area contributed by atoms with Crippen molar-refractivity contribution < 1.29 is 0 Å². The Morgan fingerprint density at radius 3 is 2.56 bits per heavy atom. The number of hydrogen-bond donors (Lipinski definition) is 1. The highest BCUT2D eigenvalue weighted by Crippen LogP contribution is 2.11. The molecule has 1 N–H and O–H groups in total. The Bertz CT molecular complexity index is 402. The normalized spacial score (nSPS) is 17.3. The summed E-state index contributed by atoms with van der Waals surface area (Å²) in [4.78, 5) is 4.62. The van der Waals surface area contributed by atoms with Crippen LogP contribution in [0.5, 0.6) is 0 Å². The predicted molar refractivity (Wildman–Crippen MR) is 81.1 cm³/mol. The number of nitrogens with zero attached hydrogens (tertiary/aromatic N) is 2. The predicted octanol–water partition coefficient (Wildman–Crippen LogP) is 2.33. The quantitative estimate of drug-likeness (QED) is 0.784. The number of hydrogen-bond acceptors (Lipinski definition) is 2. The fraction of sp³-hybridized carbons (Fsp3) is 0.500. The SMILES string of the molecule is Cc1ccc(NC(=S)N2CCCN(C)CC2)cc1. The average Bonchev–Trinajstić information content (AvgIpc) is 2.57. The molecule has 0 spiro atoms. The molecular formula is C14H21N3S. The Morgan fingerprint density at radius 2 is 1.83 bits per heavy atom. The first-order chi connectivity index (χ1) is 8.65. The van der Waals surface area contributed by atoms with Crippen molar-refractivity contribution in [3.8, 4) is 0 Å². The van der Waals surface area contributed by atoms with E-state index in [-0.39, 0.29) is 0 Å². The van der Waals surface area contributed by atoms with E-state index in [0.717, 1.165) is 37.0 Å². The van der Waals surface area contributed by atoms with Gasteiger partial charge in [0.2, 0.25) is 0 Å². The van der Waals surface area contributed by atoms with Crippen molar-refractivity contribution in [2.45, 2.75) is 13.3 Å². The summed E-state index contributed by atoms with van der Waals surface area (Å²) in [6.45, 7) is 6.38. The van der Waals surface area contributed by atoms with Gasteiger partial charge in [0.15, 0.2) is 5.11 Å². The van der Waals surface area contributed by atoms with Crippen LogP contribution in [0.3, 0.4) is 0 Å². The largest absolute Gasteiger partial charge is 0.348 e. The number of nitrogens with one attached hydrogen (secondary N) is 1. The van der Waals surface area contributed by atoms with Crippen LogP contribution in [0.15, 0.2) is 24.3 Å². The van der Waals surface area contributed by atoms with E-state index in [1.54, 1.807) is 0 Å². The fourth-order valence-electron chi connectivity index (χ4n) is 2.09. The highest BCUT2D eigenvalue weighted by atomic mass is 32.1. The highest BCUT2D eigenvalue weighted by molar-refractivity contribution is 7.80. The number of benzene rings is 1. The van der Waals surface area contributed by atoms with Crippen molar-refractivity contribution in [3.05, 3.63) is 29.8 Å². The third-order valence-corrected chi connectivity index (χ3v) is 3.67. The zero-order chi connectivity index (χ0) is 13.0. The van der Waals surface area contributed by atoms with E-state index in [4.69, 9.17) is 12.2 Å². The van der Waals surface area contributed by atoms with Gasteiger partial charge in [0, 0.05) is 25.3 Å². The lowest BCUT2D eigenvalue weighted by atomic mass is 10.2. The van der Waals surface area contributed by atoms with Gasteiger partial charge >= 0.3 is 0 Å². The molecular weight excluding hydrogens is 242 g/mol. The maximum atomic E-state index is 5.48. The molecule has 0 radical (unpaired) electrons. The van der Waals surface area contributed by atoms with Crippen LogP contribution in [0.2, 0.25) is 0 Å². The van der Waals surface area contributed by atoms with Crippen molar-refractivity contribution in [1.29, 1.82) is 0 Å². The fourth-order valence-corrected chi connectivity index (χ4v) is 2.39. The van der Waals surface area contributed by atoms with E-state index >= 15 is 0 Å². The Balaban J connectivity index is 1.92. The minimum Gasteiger partial charge on any atom is -0.348 e. The summed E-state index contributed by atoms with van der Waals surface area (Å²) in [5.74, 6) is 0. The van der Waals surface area contributed by atoms with Gasteiger partial charge in [-0.1, -0.05) is 17.7 Å². The number of aryl methyl sites for hydroxylation is 1. The number of rotatable bonds is 1. The van der Waals surface area contributed by atoms with E-state index in [1.165, 1.54) is 12.0 Å². The van der Waals surface area contributed by atoms with Crippen molar-refractivity contribution in [1.82, 2.24) is 9.80 Å². The zero-order valence-corrected chi connectivity index (χ0v) is 12.0. The molecule has 1 fully saturated rings. The van der Waals surface area contributed by atoms with E-state index < -0.39 is 0 Å². The lowest BCUT2D eigenvalue weighted by Gasteiger charge is -2.24. The minimum absolute atomic E-state index is 0.842. The molecule has 3 nitrogen and oxygen atoms in total. The second kappa shape index (κ2) is 6.16. The molecule has 0 amide bonds. The molecule has 1 heterocycles. The van der Waals surface area contributed by atoms with Crippen LogP contribution < -0.4 is 5.32 Å². The summed E-state index contributed by atoms with van der Waals surface area (Å²) < 4.78 is 0. The van der Waals surface area contributed by atoms with Crippen LogP contribution in [-0.4, -0.2) is 48.1 Å². The van der Waals surface area contributed by atoms with Gasteiger partial charge in [-0.05, 0) is 51.3 Å². The molecule has 0 aromatic heterocycles. The maximum Gasteiger partial charge on any atom is 0.173 e. The van der Waals surface area contributed by atoms with Crippen molar-refractivity contribution in [2.24, 2.45) is 0 Å². The third kappa shape index (κ3) is 3.68. The van der Waals surface area contributed by atoms with Gasteiger partial charge in [0.05, 0.1) is 0 Å². The first kappa shape index (κ1) is 13.3. The molecule has 98 valence electrons. The molecule has 0 aliphatic carbocycles. The van der Waals surface area contributed by atoms with Crippen LogP contribution >= 0.6 is 12.2 Å². The molecule has 1 saturated heterocycles. The number of thiocarbonyl (C=S) groups is 1. The standard InChI is InChI=1S/C14H21N3S/c1-12-4-6-13(7-5-12)15-14(18)17-9-3-8-16(2)10-11-17/h4-7H,3,8-11H2,1-2H3,(H,15,18). The lowest BCUT2D eigenvalue weighted by Crippen LogP contribution is -2.37. The molecule has 1 aromatic carbocycles.